The molecule has 2 heterocycles. The lowest BCUT2D eigenvalue weighted by Crippen LogP contribution is -2.29. The summed E-state index contributed by atoms with van der Waals surface area (Å²) in [6.45, 7) is 1.91. The van der Waals surface area contributed by atoms with E-state index in [1.165, 1.54) is 23.1 Å². The summed E-state index contributed by atoms with van der Waals surface area (Å²) < 4.78 is 13.6. The molecule has 0 aliphatic carbocycles. The molecule has 0 bridgehead atoms. The van der Waals surface area contributed by atoms with Crippen LogP contribution in [0.15, 0.2) is 58.0 Å². The molecule has 2 aromatic carbocycles. The molecule has 204 valence electrons. The summed E-state index contributed by atoms with van der Waals surface area (Å²) >= 11 is 9.96. The molecule has 2 N–H and O–H groups in total. The number of rotatable bonds is 13. The van der Waals surface area contributed by atoms with Crippen molar-refractivity contribution in [1.29, 1.82) is 0 Å². The van der Waals surface area contributed by atoms with Gasteiger partial charge in [0.2, 0.25) is 11.0 Å². The van der Waals surface area contributed by atoms with Gasteiger partial charge >= 0.3 is 0 Å². The van der Waals surface area contributed by atoms with Gasteiger partial charge in [0.1, 0.15) is 11.5 Å². The van der Waals surface area contributed by atoms with Crippen molar-refractivity contribution in [2.24, 2.45) is 0 Å². The van der Waals surface area contributed by atoms with Gasteiger partial charge in [-0.1, -0.05) is 65.5 Å². The van der Waals surface area contributed by atoms with E-state index in [0.717, 1.165) is 10.1 Å². The van der Waals surface area contributed by atoms with Crippen LogP contribution in [0.1, 0.15) is 12.7 Å². The minimum absolute atomic E-state index is 0.0599. The predicted molar refractivity (Wildman–Crippen MR) is 152 cm³/mol. The number of para-hydroxylation sites is 2. The van der Waals surface area contributed by atoms with Crippen LogP contribution in [0.5, 0.6) is 11.5 Å². The van der Waals surface area contributed by atoms with Gasteiger partial charge in [-0.15, -0.1) is 20.4 Å². The van der Waals surface area contributed by atoms with Crippen LogP contribution in [0.4, 0.5) is 5.13 Å². The lowest BCUT2D eigenvalue weighted by atomic mass is 10.3. The Morgan fingerprint density at radius 3 is 2.59 bits per heavy atom. The van der Waals surface area contributed by atoms with Gasteiger partial charge < -0.3 is 14.8 Å². The fourth-order valence-corrected chi connectivity index (χ4v) is 5.76. The number of carbonyl (C=O) groups is 2. The Bertz CT molecular complexity index is 1410. The van der Waals surface area contributed by atoms with E-state index >= 15 is 0 Å². The van der Waals surface area contributed by atoms with Crippen molar-refractivity contribution in [2.45, 2.75) is 23.0 Å². The largest absolute Gasteiger partial charge is 0.495 e. The van der Waals surface area contributed by atoms with Crippen molar-refractivity contribution in [2.75, 3.05) is 30.5 Å². The second-order valence-corrected chi connectivity index (χ2v) is 11.4. The lowest BCUT2D eigenvalue weighted by molar-refractivity contribution is -0.123. The number of benzene rings is 2. The molecule has 2 amide bonds. The third-order valence-electron chi connectivity index (χ3n) is 4.91. The minimum atomic E-state index is -0.342. The second kappa shape index (κ2) is 14.2. The van der Waals surface area contributed by atoms with Crippen LogP contribution < -0.4 is 20.1 Å². The van der Waals surface area contributed by atoms with Crippen molar-refractivity contribution in [1.82, 2.24) is 30.3 Å². The predicted octanol–water partition coefficient (Wildman–Crippen LogP) is 4.32. The van der Waals surface area contributed by atoms with Crippen LogP contribution in [0, 0.1) is 0 Å². The molecule has 0 unspecified atom stereocenters. The van der Waals surface area contributed by atoms with Crippen LogP contribution >= 0.6 is 46.5 Å². The maximum Gasteiger partial charge on any atom is 0.258 e. The van der Waals surface area contributed by atoms with E-state index in [1.54, 1.807) is 53.8 Å². The molecule has 0 spiro atoms. The van der Waals surface area contributed by atoms with Gasteiger partial charge in [-0.3, -0.25) is 19.5 Å². The number of hydrogen-bond donors (Lipinski definition) is 2. The third kappa shape index (κ3) is 8.08. The number of carbonyl (C=O) groups excluding carboxylic acids is 2. The molecule has 4 aromatic rings. The maximum atomic E-state index is 12.6. The number of halogens is 1. The first kappa shape index (κ1) is 28.7. The molecule has 2 aromatic heterocycles. The Hall–Kier alpha value is -3.33. The summed E-state index contributed by atoms with van der Waals surface area (Å²) in [6.07, 6.45) is 0. The van der Waals surface area contributed by atoms with Gasteiger partial charge in [-0.2, -0.15) is 0 Å². The van der Waals surface area contributed by atoms with Crippen molar-refractivity contribution in [3.8, 4) is 17.2 Å². The van der Waals surface area contributed by atoms with Gasteiger partial charge in [0.05, 0.1) is 25.1 Å². The fraction of sp³-hybridized carbons (Fsp3) is 0.250. The molecular formula is C24H24ClN7O4S3. The second-order valence-electron chi connectivity index (χ2n) is 7.57. The zero-order valence-corrected chi connectivity index (χ0v) is 24.1. The molecule has 0 saturated heterocycles. The molecule has 15 heteroatoms. The quantitative estimate of drug-likeness (QED) is 0.168. The highest BCUT2D eigenvalue weighted by Crippen LogP contribution is 2.29. The van der Waals surface area contributed by atoms with Crippen LogP contribution in [0.3, 0.4) is 0 Å². The number of nitrogens with zero attached hydrogens (tertiary/aromatic N) is 5. The van der Waals surface area contributed by atoms with Gasteiger partial charge in [-0.05, 0) is 42.2 Å². The first-order valence-corrected chi connectivity index (χ1v) is 14.7. The van der Waals surface area contributed by atoms with E-state index in [4.69, 9.17) is 21.1 Å². The number of aromatic nitrogens is 5. The van der Waals surface area contributed by atoms with Gasteiger partial charge in [-0.25, -0.2) is 0 Å². The number of nitrogens with one attached hydrogen (secondary N) is 2. The Morgan fingerprint density at radius 2 is 1.82 bits per heavy atom. The molecule has 0 aliphatic rings. The maximum absolute atomic E-state index is 12.6. The normalized spacial score (nSPS) is 10.7. The summed E-state index contributed by atoms with van der Waals surface area (Å²) in [7, 11) is 1.56. The van der Waals surface area contributed by atoms with Crippen molar-refractivity contribution >= 4 is 63.4 Å². The first-order chi connectivity index (χ1) is 19.0. The van der Waals surface area contributed by atoms with E-state index in [0.29, 0.717) is 38.3 Å². The number of amides is 2. The SMILES string of the molecule is CCSc1nnc(NC(=O)CSc2nnc(CNC(=O)COc3ccc(Cl)cc3)n2-c2ccccc2OC)s1. The molecule has 11 nitrogen and oxygen atoms in total. The summed E-state index contributed by atoms with van der Waals surface area (Å²) in [5.74, 6) is 1.89. The number of ether oxygens (including phenoxy) is 2. The van der Waals surface area contributed by atoms with Crippen molar-refractivity contribution in [3.05, 3.63) is 59.4 Å². The Balaban J connectivity index is 1.43. The van der Waals surface area contributed by atoms with Crippen LogP contribution in [0.25, 0.3) is 5.69 Å². The number of anilines is 1. The molecular weight excluding hydrogens is 582 g/mol. The van der Waals surface area contributed by atoms with Gasteiger partial charge in [0, 0.05) is 5.02 Å². The zero-order valence-electron chi connectivity index (χ0n) is 20.9. The van der Waals surface area contributed by atoms with E-state index < -0.39 is 0 Å². The van der Waals surface area contributed by atoms with Crippen molar-refractivity contribution < 1.29 is 19.1 Å². The summed E-state index contributed by atoms with van der Waals surface area (Å²) in [6, 6.07) is 14.1. The van der Waals surface area contributed by atoms with E-state index in [-0.39, 0.29) is 30.7 Å². The van der Waals surface area contributed by atoms with E-state index in [2.05, 4.69) is 31.0 Å². The van der Waals surface area contributed by atoms with Gasteiger partial charge in [0.15, 0.2) is 21.9 Å². The first-order valence-electron chi connectivity index (χ1n) is 11.6. The molecule has 0 fully saturated rings. The average Bonchev–Trinajstić information content (AvgIpc) is 3.56. The number of hydrogen-bond acceptors (Lipinski definition) is 11. The summed E-state index contributed by atoms with van der Waals surface area (Å²) in [5.41, 5.74) is 0.667. The topological polar surface area (TPSA) is 133 Å². The molecule has 0 radical (unpaired) electrons. The highest BCUT2D eigenvalue weighted by atomic mass is 35.5. The number of methoxy groups -OCH3 is 1. The fourth-order valence-electron chi connectivity index (χ4n) is 3.20. The number of thioether (sulfide) groups is 2. The Morgan fingerprint density at radius 1 is 1.03 bits per heavy atom. The van der Waals surface area contributed by atoms with Crippen LogP contribution in [-0.2, 0) is 16.1 Å². The van der Waals surface area contributed by atoms with Crippen LogP contribution in [0.2, 0.25) is 5.02 Å². The molecule has 39 heavy (non-hydrogen) atoms. The van der Waals surface area contributed by atoms with E-state index in [1.807, 2.05) is 25.1 Å². The summed E-state index contributed by atoms with van der Waals surface area (Å²) in [4.78, 5) is 25.0. The zero-order chi connectivity index (χ0) is 27.6. The van der Waals surface area contributed by atoms with Crippen LogP contribution in [-0.4, -0.2) is 62.0 Å². The highest BCUT2D eigenvalue weighted by Gasteiger charge is 2.20. The highest BCUT2D eigenvalue weighted by molar-refractivity contribution is 8.01. The molecule has 0 atom stereocenters. The monoisotopic (exact) mass is 605 g/mol. The Labute approximate surface area is 242 Å². The third-order valence-corrected chi connectivity index (χ3v) is 7.94. The van der Waals surface area contributed by atoms with Gasteiger partial charge in [0.25, 0.3) is 5.91 Å². The lowest BCUT2D eigenvalue weighted by Gasteiger charge is -2.14. The van der Waals surface area contributed by atoms with E-state index in [9.17, 15) is 9.59 Å². The molecule has 4 rings (SSSR count). The average molecular weight is 606 g/mol. The smallest absolute Gasteiger partial charge is 0.258 e. The standard InChI is InChI=1S/C24H24ClN7O4S3/c1-3-37-24-31-29-22(39-24)27-21(34)14-38-23-30-28-19(32(23)17-6-4-5-7-18(17)35-2)12-26-20(33)13-36-16-10-8-15(25)9-11-16/h4-11H,3,12-14H2,1-2H3,(H,26,33)(H,27,29,34). The summed E-state index contributed by atoms with van der Waals surface area (Å²) in [5, 5.41) is 23.6. The minimum Gasteiger partial charge on any atom is -0.495 e. The molecule has 0 aliphatic heterocycles. The Kier molecular flexibility index (Phi) is 10.4. The van der Waals surface area contributed by atoms with Crippen molar-refractivity contribution in [3.63, 3.8) is 0 Å². The molecule has 0 saturated carbocycles.